The van der Waals surface area contributed by atoms with Crippen LogP contribution in [0.3, 0.4) is 0 Å². The van der Waals surface area contributed by atoms with E-state index in [4.69, 9.17) is 0 Å². The number of carbonyl (C=O) groups excluding carboxylic acids is 2. The molecule has 104 valence electrons. The van der Waals surface area contributed by atoms with Crippen molar-refractivity contribution in [1.29, 1.82) is 0 Å². The molecule has 1 aliphatic rings. The van der Waals surface area contributed by atoms with Gasteiger partial charge < -0.3 is 5.32 Å². The first-order valence-electron chi connectivity index (χ1n) is 6.13. The molecule has 2 amide bonds. The Morgan fingerprint density at radius 2 is 2.25 bits per heavy atom. The van der Waals surface area contributed by atoms with E-state index in [2.05, 4.69) is 21.0 Å². The van der Waals surface area contributed by atoms with Crippen molar-refractivity contribution in [2.45, 2.75) is 20.3 Å². The molecule has 7 nitrogen and oxygen atoms in total. The molecule has 2 rings (SSSR count). The van der Waals surface area contributed by atoms with Gasteiger partial charge >= 0.3 is 0 Å². The zero-order valence-corrected chi connectivity index (χ0v) is 11.1. The minimum absolute atomic E-state index is 0.0464. The molecule has 1 heterocycles. The Hall–Kier alpha value is -2.57. The van der Waals surface area contributed by atoms with E-state index in [0.717, 1.165) is 0 Å². The largest absolute Gasteiger partial charge is 0.324 e. The summed E-state index contributed by atoms with van der Waals surface area (Å²) < 4.78 is 0. The number of hydrazone groups is 1. The van der Waals surface area contributed by atoms with Crippen LogP contribution in [0.1, 0.15) is 25.8 Å². The molecule has 1 atom stereocenters. The number of rotatable bonds is 3. The third kappa shape index (κ3) is 2.87. The molecule has 0 spiro atoms. The fraction of sp³-hybridized carbons (Fsp3) is 0.308. The Bertz CT molecular complexity index is 610. The van der Waals surface area contributed by atoms with E-state index in [9.17, 15) is 14.5 Å². The van der Waals surface area contributed by atoms with E-state index < -0.39 is 0 Å². The molecule has 0 saturated heterocycles. The first-order chi connectivity index (χ1) is 9.51. The average Bonchev–Trinajstić information content (AvgIpc) is 2.39. The van der Waals surface area contributed by atoms with E-state index in [0.29, 0.717) is 23.4 Å². The topological polar surface area (TPSA) is 100.0 Å². The Kier molecular flexibility index (Phi) is 3.88. The minimum atomic E-state index is -0.279. The molecule has 1 aliphatic heterocycles. The third-order valence-electron chi connectivity index (χ3n) is 2.96. The second-order valence-electron chi connectivity index (χ2n) is 4.64. The highest BCUT2D eigenvalue weighted by Gasteiger charge is 2.22. The van der Waals surface area contributed by atoms with Gasteiger partial charge in [-0.2, -0.15) is 5.10 Å². The summed E-state index contributed by atoms with van der Waals surface area (Å²) in [6.45, 7) is 3.23. The van der Waals surface area contributed by atoms with Gasteiger partial charge in [-0.1, -0.05) is 13.0 Å². The third-order valence-corrected chi connectivity index (χ3v) is 2.96. The lowest BCUT2D eigenvalue weighted by atomic mass is 9.93. The monoisotopic (exact) mass is 274 g/mol. The smallest absolute Gasteiger partial charge is 0.240 e. The van der Waals surface area contributed by atoms with Crippen molar-refractivity contribution in [3.63, 3.8) is 0 Å². The van der Waals surface area contributed by atoms with Crippen LogP contribution in [-0.2, 0) is 9.59 Å². The summed E-state index contributed by atoms with van der Waals surface area (Å²) in [4.78, 5) is 33.1. The summed E-state index contributed by atoms with van der Waals surface area (Å²) in [7, 11) is 0. The quantitative estimate of drug-likeness (QED) is 0.823. The molecule has 0 fully saturated rings. The van der Waals surface area contributed by atoms with Crippen LogP contribution >= 0.6 is 0 Å². The summed E-state index contributed by atoms with van der Waals surface area (Å²) >= 11 is 0. The predicted molar refractivity (Wildman–Crippen MR) is 74.7 cm³/mol. The number of nitrogens with zero attached hydrogens (tertiary/aromatic N) is 2. The molecule has 0 saturated carbocycles. The molecule has 1 unspecified atom stereocenters. The van der Waals surface area contributed by atoms with Crippen LogP contribution in [0.5, 0.6) is 0 Å². The number of nitrogens with one attached hydrogen (secondary N) is 2. The Morgan fingerprint density at radius 1 is 1.50 bits per heavy atom. The second-order valence-corrected chi connectivity index (χ2v) is 4.64. The molecule has 1 aromatic rings. The van der Waals surface area contributed by atoms with Crippen LogP contribution in [0.25, 0.3) is 0 Å². The van der Waals surface area contributed by atoms with Crippen molar-refractivity contribution < 1.29 is 9.59 Å². The van der Waals surface area contributed by atoms with Gasteiger partial charge in [0.2, 0.25) is 11.8 Å². The molecule has 0 aliphatic carbocycles. The Morgan fingerprint density at radius 3 is 2.85 bits per heavy atom. The van der Waals surface area contributed by atoms with Gasteiger partial charge in [0, 0.05) is 24.8 Å². The van der Waals surface area contributed by atoms with Crippen LogP contribution in [0.4, 0.5) is 11.4 Å². The van der Waals surface area contributed by atoms with Crippen molar-refractivity contribution in [2.75, 3.05) is 5.32 Å². The van der Waals surface area contributed by atoms with Crippen LogP contribution < -0.4 is 10.7 Å². The van der Waals surface area contributed by atoms with E-state index in [1.54, 1.807) is 18.2 Å². The van der Waals surface area contributed by atoms with Gasteiger partial charge in [0.1, 0.15) is 5.69 Å². The lowest BCUT2D eigenvalue weighted by molar-refractivity contribution is -0.122. The maximum Gasteiger partial charge on any atom is 0.240 e. The summed E-state index contributed by atoms with van der Waals surface area (Å²) in [5.41, 5.74) is 4.28. The number of nitroso groups, excluding NO2 is 1. The molecule has 0 aromatic heterocycles. The van der Waals surface area contributed by atoms with Gasteiger partial charge in [-0.05, 0) is 17.3 Å². The molecule has 2 N–H and O–H groups in total. The van der Waals surface area contributed by atoms with Crippen molar-refractivity contribution in [2.24, 2.45) is 16.2 Å². The molecule has 0 bridgehead atoms. The maximum atomic E-state index is 11.2. The van der Waals surface area contributed by atoms with Gasteiger partial charge in [0.25, 0.3) is 0 Å². The number of amides is 2. The maximum absolute atomic E-state index is 11.2. The number of hydrogen-bond acceptors (Lipinski definition) is 5. The number of benzene rings is 1. The molecular formula is C13H14N4O3. The minimum Gasteiger partial charge on any atom is -0.324 e. The summed E-state index contributed by atoms with van der Waals surface area (Å²) in [5.74, 6) is -0.460. The summed E-state index contributed by atoms with van der Waals surface area (Å²) in [6, 6.07) is 4.87. The van der Waals surface area contributed by atoms with Gasteiger partial charge in [0.05, 0.1) is 11.4 Å². The summed E-state index contributed by atoms with van der Waals surface area (Å²) in [5, 5.41) is 9.46. The van der Waals surface area contributed by atoms with Crippen LogP contribution in [-0.4, -0.2) is 17.5 Å². The SMILES string of the molecule is CC(=O)Nc1ccc(C2=NNC(=O)CC2C)cc1N=O. The zero-order chi connectivity index (χ0) is 14.7. The van der Waals surface area contributed by atoms with Gasteiger partial charge in [0.15, 0.2) is 0 Å². The predicted octanol–water partition coefficient (Wildman–Crippen LogP) is 1.90. The standard InChI is InChI=1S/C13H14N4O3/c1-7-5-12(19)15-16-13(7)9-3-4-10(14-8(2)18)11(6-9)17-20/h3-4,6-7H,5H2,1-2H3,(H,14,18)(H,15,19). The molecular weight excluding hydrogens is 260 g/mol. The van der Waals surface area contributed by atoms with E-state index in [-0.39, 0.29) is 23.4 Å². The van der Waals surface area contributed by atoms with Crippen molar-refractivity contribution in [3.05, 3.63) is 28.7 Å². The highest BCUT2D eigenvalue weighted by Crippen LogP contribution is 2.28. The van der Waals surface area contributed by atoms with Gasteiger partial charge in [-0.3, -0.25) is 9.59 Å². The van der Waals surface area contributed by atoms with Crippen molar-refractivity contribution in [1.82, 2.24) is 5.43 Å². The van der Waals surface area contributed by atoms with Gasteiger partial charge in [-0.25, -0.2) is 5.43 Å². The lowest BCUT2D eigenvalue weighted by Crippen LogP contribution is -2.31. The molecule has 1 aromatic carbocycles. The first-order valence-corrected chi connectivity index (χ1v) is 6.13. The number of hydrogen-bond donors (Lipinski definition) is 2. The van der Waals surface area contributed by atoms with Crippen molar-refractivity contribution in [3.8, 4) is 0 Å². The normalized spacial score (nSPS) is 18.0. The van der Waals surface area contributed by atoms with Gasteiger partial charge in [-0.15, -0.1) is 4.91 Å². The second kappa shape index (κ2) is 5.60. The average molecular weight is 274 g/mol. The van der Waals surface area contributed by atoms with E-state index >= 15 is 0 Å². The fourth-order valence-corrected chi connectivity index (χ4v) is 2.06. The molecule has 20 heavy (non-hydrogen) atoms. The first kappa shape index (κ1) is 13.9. The number of anilines is 1. The van der Waals surface area contributed by atoms with Crippen molar-refractivity contribution >= 4 is 28.9 Å². The molecule has 0 radical (unpaired) electrons. The van der Waals surface area contributed by atoms with E-state index in [1.165, 1.54) is 6.92 Å². The summed E-state index contributed by atoms with van der Waals surface area (Å²) in [6.07, 6.45) is 0.343. The Labute approximate surface area is 115 Å². The van der Waals surface area contributed by atoms with E-state index in [1.807, 2.05) is 6.92 Å². The lowest BCUT2D eigenvalue weighted by Gasteiger charge is -2.19. The highest BCUT2D eigenvalue weighted by molar-refractivity contribution is 6.07. The van der Waals surface area contributed by atoms with Crippen LogP contribution in [0.15, 0.2) is 28.5 Å². The zero-order valence-electron chi connectivity index (χ0n) is 11.1. The van der Waals surface area contributed by atoms with Crippen LogP contribution in [0.2, 0.25) is 0 Å². The highest BCUT2D eigenvalue weighted by atomic mass is 16.3. The fourth-order valence-electron chi connectivity index (χ4n) is 2.06. The number of carbonyl (C=O) groups is 2. The Balaban J connectivity index is 2.37. The molecule has 7 heteroatoms. The van der Waals surface area contributed by atoms with Crippen LogP contribution in [0, 0.1) is 10.8 Å².